The average molecular weight is 744 g/mol. The van der Waals surface area contributed by atoms with E-state index in [4.69, 9.17) is 0 Å². The minimum atomic E-state index is -1.27. The van der Waals surface area contributed by atoms with Crippen molar-refractivity contribution in [2.75, 3.05) is 0 Å². The van der Waals surface area contributed by atoms with Crippen LogP contribution in [0.3, 0.4) is 0 Å². The summed E-state index contributed by atoms with van der Waals surface area (Å²) in [5.41, 5.74) is 11.2. The summed E-state index contributed by atoms with van der Waals surface area (Å²) in [6, 6.07) is 38.7. The van der Waals surface area contributed by atoms with Gasteiger partial charge < -0.3 is 14.9 Å². The molecule has 0 aromatic heterocycles. The predicted octanol–water partition coefficient (Wildman–Crippen LogP) is 12.7. The molecule has 0 saturated carbocycles. The fourth-order valence-corrected chi connectivity index (χ4v) is 7.23. The third kappa shape index (κ3) is 9.56. The number of benzene rings is 4. The van der Waals surface area contributed by atoms with E-state index in [1.807, 2.05) is 0 Å². The maximum absolute atomic E-state index is 3.06. The molecule has 0 unspecified atom stereocenters. The first-order valence-electron chi connectivity index (χ1n) is 16.4. The molecule has 0 saturated heterocycles. The summed E-state index contributed by atoms with van der Waals surface area (Å²) >= 11 is 1.36. The summed E-state index contributed by atoms with van der Waals surface area (Å²) in [7, 11) is -1.27. The standard InChI is InChI=1S/C22H27Si.C21H23.2CH3.Si.Zr/c1-22(2,3)18-12-10-16(11-13-18)20-9-7-8-17-14-19(15-21(17)20)23(4,5)6;1-14-12-19-15(2)6-11-18(20(19)13-14)16-7-9-17(10-8-16)21(3,4)5;;;;/h7-15H,1-6H3;6-13H,1-5H3;2*1H3;;/q4*-1;;. The Morgan fingerprint density at radius 2 is 1.06 bits per heavy atom. The molecular formula is C45H56Si2Zr-4. The van der Waals surface area contributed by atoms with Crippen LogP contribution in [-0.2, 0) is 34.2 Å². The van der Waals surface area contributed by atoms with E-state index in [-0.39, 0.29) is 25.7 Å². The number of aryl methyl sites for hydroxylation is 2. The van der Waals surface area contributed by atoms with Crippen LogP contribution in [0.1, 0.15) is 63.8 Å². The SMILES string of the molecule is CC(C)(C)c1ccc(-c2cccc3[cH-]c([Si](C)(C)C)cc23)cc1.Cc1cc2c(-c3ccc(C(C)(C)C)cc3)ccc(C)c2[cH-]1.[CH3-].[CH3-].[Si]=[Zr]. The summed E-state index contributed by atoms with van der Waals surface area (Å²) < 4.78 is 0. The molecule has 0 atom stereocenters. The molecule has 0 amide bonds. The van der Waals surface area contributed by atoms with Crippen molar-refractivity contribution in [2.24, 2.45) is 0 Å². The molecule has 0 heterocycles. The third-order valence-corrected chi connectivity index (χ3v) is 11.0. The molecule has 0 N–H and O–H groups in total. The molecule has 0 spiro atoms. The van der Waals surface area contributed by atoms with Crippen LogP contribution in [0.25, 0.3) is 43.8 Å². The Morgan fingerprint density at radius 3 is 1.52 bits per heavy atom. The zero-order valence-electron chi connectivity index (χ0n) is 31.8. The second-order valence-electron chi connectivity index (χ2n) is 15.7. The topological polar surface area (TPSA) is 0 Å². The monoisotopic (exact) mass is 742 g/mol. The van der Waals surface area contributed by atoms with Crippen LogP contribution in [-0.4, -0.2) is 15.0 Å². The van der Waals surface area contributed by atoms with Crippen LogP contribution in [0.4, 0.5) is 0 Å². The zero-order chi connectivity index (χ0) is 34.0. The van der Waals surface area contributed by atoms with Gasteiger partial charge in [-0.25, -0.2) is 0 Å². The van der Waals surface area contributed by atoms with Gasteiger partial charge in [0.25, 0.3) is 0 Å². The van der Waals surface area contributed by atoms with Crippen molar-refractivity contribution in [2.45, 2.75) is 85.9 Å². The average Bonchev–Trinajstić information content (AvgIpc) is 3.63. The van der Waals surface area contributed by atoms with Gasteiger partial charge in [-0.3, -0.25) is 0 Å². The Balaban J connectivity index is 0.000000306. The quantitative estimate of drug-likeness (QED) is 0.125. The van der Waals surface area contributed by atoms with Crippen molar-refractivity contribution in [1.82, 2.24) is 0 Å². The van der Waals surface area contributed by atoms with Gasteiger partial charge in [-0.1, -0.05) is 147 Å². The van der Waals surface area contributed by atoms with Crippen LogP contribution in [0.15, 0.2) is 103 Å². The number of hydrogen-bond acceptors (Lipinski definition) is 0. The molecule has 3 heteroatoms. The van der Waals surface area contributed by atoms with Gasteiger partial charge >= 0.3 is 30.2 Å². The maximum atomic E-state index is 3.06. The van der Waals surface area contributed by atoms with Gasteiger partial charge in [-0.2, -0.15) is 12.1 Å². The van der Waals surface area contributed by atoms with Crippen LogP contribution in [0.2, 0.25) is 19.6 Å². The number of hydrogen-bond donors (Lipinski definition) is 0. The molecule has 2 radical (unpaired) electrons. The molecule has 0 bridgehead atoms. The molecule has 0 nitrogen and oxygen atoms in total. The van der Waals surface area contributed by atoms with E-state index in [0.717, 1.165) is 0 Å². The Labute approximate surface area is 311 Å². The van der Waals surface area contributed by atoms with Crippen LogP contribution in [0.5, 0.6) is 0 Å². The summed E-state index contributed by atoms with van der Waals surface area (Å²) in [4.78, 5) is 0. The zero-order valence-corrected chi connectivity index (χ0v) is 36.3. The second kappa shape index (κ2) is 16.4. The molecule has 6 aromatic carbocycles. The van der Waals surface area contributed by atoms with Crippen LogP contribution < -0.4 is 5.19 Å². The molecule has 252 valence electrons. The normalized spacial score (nSPS) is 11.5. The van der Waals surface area contributed by atoms with Crippen molar-refractivity contribution < 1.29 is 23.3 Å². The summed E-state index contributed by atoms with van der Waals surface area (Å²) in [5, 5.41) is 7.07. The number of rotatable bonds is 3. The van der Waals surface area contributed by atoms with Gasteiger partial charge in [-0.15, -0.1) is 68.2 Å². The van der Waals surface area contributed by atoms with Crippen molar-refractivity contribution in [3.8, 4) is 22.3 Å². The summed E-state index contributed by atoms with van der Waals surface area (Å²) in [6.45, 7) is 28.2. The van der Waals surface area contributed by atoms with E-state index in [9.17, 15) is 0 Å². The Morgan fingerprint density at radius 1 is 0.583 bits per heavy atom. The Bertz CT molecular complexity index is 1910. The van der Waals surface area contributed by atoms with E-state index in [2.05, 4.69) is 185 Å². The minimum absolute atomic E-state index is 0. The van der Waals surface area contributed by atoms with Crippen LogP contribution >= 0.6 is 0 Å². The van der Waals surface area contributed by atoms with Gasteiger partial charge in [0.15, 0.2) is 0 Å². The third-order valence-electron chi connectivity index (χ3n) is 8.99. The summed E-state index contributed by atoms with van der Waals surface area (Å²) in [6.07, 6.45) is 0. The van der Waals surface area contributed by atoms with Crippen molar-refractivity contribution in [3.05, 3.63) is 140 Å². The van der Waals surface area contributed by atoms with Crippen molar-refractivity contribution in [1.29, 1.82) is 0 Å². The van der Waals surface area contributed by atoms with Gasteiger partial charge in [0, 0.05) is 0 Å². The predicted molar refractivity (Wildman–Crippen MR) is 218 cm³/mol. The molecule has 0 aliphatic carbocycles. The van der Waals surface area contributed by atoms with E-state index in [1.165, 1.54) is 89.4 Å². The van der Waals surface area contributed by atoms with Crippen LogP contribution in [0, 0.1) is 28.7 Å². The van der Waals surface area contributed by atoms with Gasteiger partial charge in [0.05, 0.1) is 8.07 Å². The fraction of sp³-hybridized carbons (Fsp3) is 0.289. The second-order valence-corrected chi connectivity index (χ2v) is 20.8. The Kier molecular flexibility index (Phi) is 14.2. The van der Waals surface area contributed by atoms with E-state index < -0.39 is 8.07 Å². The van der Waals surface area contributed by atoms with Gasteiger partial charge in [0.1, 0.15) is 0 Å². The molecule has 6 aromatic rings. The van der Waals surface area contributed by atoms with Gasteiger partial charge in [-0.05, 0) is 33.1 Å². The molecule has 48 heavy (non-hydrogen) atoms. The number of fused-ring (bicyclic) bond motifs is 2. The van der Waals surface area contributed by atoms with E-state index in [1.54, 1.807) is 5.19 Å². The molecule has 0 aliphatic rings. The first kappa shape index (κ1) is 41.6. The van der Waals surface area contributed by atoms with Crippen molar-refractivity contribution in [3.63, 3.8) is 0 Å². The first-order chi connectivity index (χ1) is 21.5. The first-order valence-corrected chi connectivity index (χ1v) is 24.0. The molecule has 0 aliphatic heterocycles. The Hall–Kier alpha value is -2.58. The summed E-state index contributed by atoms with van der Waals surface area (Å²) in [5.74, 6) is 0. The fourth-order valence-electron chi connectivity index (χ4n) is 6.06. The van der Waals surface area contributed by atoms with Gasteiger partial charge in [0.2, 0.25) is 0 Å². The van der Waals surface area contributed by atoms with E-state index in [0.29, 0.717) is 0 Å². The van der Waals surface area contributed by atoms with E-state index >= 15 is 0 Å². The molecule has 6 rings (SSSR count). The molecular weight excluding hydrogens is 688 g/mol. The molecule has 0 fully saturated rings. The van der Waals surface area contributed by atoms with Crippen molar-refractivity contribution >= 4 is 41.7 Å².